The van der Waals surface area contributed by atoms with E-state index in [4.69, 9.17) is 5.73 Å². The molecule has 1 aromatic carbocycles. The van der Waals surface area contributed by atoms with Crippen LogP contribution in [-0.2, 0) is 16.0 Å². The highest BCUT2D eigenvalue weighted by Gasteiger charge is 2.28. The molecule has 22 heavy (non-hydrogen) atoms. The van der Waals surface area contributed by atoms with Crippen LogP contribution < -0.4 is 16.0 Å². The minimum atomic E-state index is -0.280. The summed E-state index contributed by atoms with van der Waals surface area (Å²) >= 11 is 0. The van der Waals surface area contributed by atoms with Gasteiger partial charge < -0.3 is 16.0 Å². The molecular formula is C16H23FN3O2+. The Morgan fingerprint density at radius 3 is 2.86 bits per heavy atom. The summed E-state index contributed by atoms with van der Waals surface area (Å²) < 4.78 is 13.4. The Hall–Kier alpha value is -1.95. The molecule has 6 heteroatoms. The molecule has 4 N–H and O–H groups in total. The van der Waals surface area contributed by atoms with Crippen molar-refractivity contribution in [3.8, 4) is 0 Å². The van der Waals surface area contributed by atoms with E-state index in [0.717, 1.165) is 24.3 Å². The summed E-state index contributed by atoms with van der Waals surface area (Å²) in [5.74, 6) is -0.730. The zero-order chi connectivity index (χ0) is 15.9. The summed E-state index contributed by atoms with van der Waals surface area (Å²) in [6.07, 6.45) is 2.19. The van der Waals surface area contributed by atoms with Gasteiger partial charge in [-0.3, -0.25) is 9.59 Å². The van der Waals surface area contributed by atoms with Gasteiger partial charge in [0.2, 0.25) is 5.91 Å². The Labute approximate surface area is 129 Å². The van der Waals surface area contributed by atoms with Crippen LogP contribution in [0.3, 0.4) is 0 Å². The van der Waals surface area contributed by atoms with Gasteiger partial charge in [0.25, 0.3) is 5.91 Å². The van der Waals surface area contributed by atoms with Crippen molar-refractivity contribution in [2.75, 3.05) is 26.2 Å². The first-order chi connectivity index (χ1) is 10.6. The van der Waals surface area contributed by atoms with E-state index in [0.29, 0.717) is 31.6 Å². The van der Waals surface area contributed by atoms with E-state index in [2.05, 4.69) is 5.32 Å². The molecule has 0 aromatic heterocycles. The highest BCUT2D eigenvalue weighted by Crippen LogP contribution is 2.06. The van der Waals surface area contributed by atoms with E-state index in [1.54, 1.807) is 18.2 Å². The van der Waals surface area contributed by atoms with Crippen molar-refractivity contribution in [1.82, 2.24) is 5.32 Å². The summed E-state index contributed by atoms with van der Waals surface area (Å²) in [5.41, 5.74) is 5.93. The number of benzene rings is 1. The minimum absolute atomic E-state index is 0.0727. The van der Waals surface area contributed by atoms with Gasteiger partial charge in [-0.05, 0) is 30.9 Å². The number of rotatable bonds is 6. The van der Waals surface area contributed by atoms with Gasteiger partial charge in [0.15, 0.2) is 6.54 Å². The third-order valence-electron chi connectivity index (χ3n) is 4.11. The average molecular weight is 308 g/mol. The molecule has 0 radical (unpaired) electrons. The number of halogens is 1. The van der Waals surface area contributed by atoms with Crippen LogP contribution in [0, 0.1) is 11.7 Å². The van der Waals surface area contributed by atoms with Gasteiger partial charge >= 0.3 is 0 Å². The maximum Gasteiger partial charge on any atom is 0.275 e. The maximum atomic E-state index is 13.4. The largest absolute Gasteiger partial charge is 0.369 e. The lowest BCUT2D eigenvalue weighted by molar-refractivity contribution is -0.899. The topological polar surface area (TPSA) is 76.6 Å². The molecule has 5 nitrogen and oxygen atoms in total. The second kappa shape index (κ2) is 7.89. The molecule has 120 valence electrons. The van der Waals surface area contributed by atoms with Crippen LogP contribution >= 0.6 is 0 Å². The molecule has 0 bridgehead atoms. The summed E-state index contributed by atoms with van der Waals surface area (Å²) in [6.45, 7) is 2.24. The van der Waals surface area contributed by atoms with Crippen LogP contribution in [0.25, 0.3) is 0 Å². The fourth-order valence-electron chi connectivity index (χ4n) is 2.88. The molecule has 0 spiro atoms. The second-order valence-electron chi connectivity index (χ2n) is 5.81. The van der Waals surface area contributed by atoms with Crippen LogP contribution in [0.5, 0.6) is 0 Å². The predicted molar refractivity (Wildman–Crippen MR) is 80.6 cm³/mol. The molecule has 2 atom stereocenters. The van der Waals surface area contributed by atoms with Crippen molar-refractivity contribution < 1.29 is 18.9 Å². The van der Waals surface area contributed by atoms with Crippen LogP contribution in [-0.4, -0.2) is 38.0 Å². The smallest absolute Gasteiger partial charge is 0.275 e. The lowest BCUT2D eigenvalue weighted by Gasteiger charge is -2.27. The Bertz CT molecular complexity index is 536. The first-order valence-electron chi connectivity index (χ1n) is 7.69. The molecule has 1 heterocycles. The Balaban J connectivity index is 1.72. The number of nitrogens with one attached hydrogen (secondary N) is 2. The normalized spacial score (nSPS) is 21.3. The molecule has 0 saturated carbocycles. The average Bonchev–Trinajstić information content (AvgIpc) is 2.49. The number of hydrogen-bond donors (Lipinski definition) is 3. The molecule has 2 amide bonds. The number of hydrogen-bond acceptors (Lipinski definition) is 2. The highest BCUT2D eigenvalue weighted by atomic mass is 19.1. The first-order valence-corrected chi connectivity index (χ1v) is 7.69. The number of carbonyl (C=O) groups excluding carboxylic acids is 2. The second-order valence-corrected chi connectivity index (χ2v) is 5.81. The van der Waals surface area contributed by atoms with E-state index in [-0.39, 0.29) is 23.5 Å². The fourth-order valence-corrected chi connectivity index (χ4v) is 2.88. The Kier molecular flexibility index (Phi) is 5.89. The predicted octanol–water partition coefficient (Wildman–Crippen LogP) is -0.735. The Morgan fingerprint density at radius 2 is 2.14 bits per heavy atom. The summed E-state index contributed by atoms with van der Waals surface area (Å²) in [7, 11) is 0. The molecule has 1 aliphatic rings. The third kappa shape index (κ3) is 4.80. The zero-order valence-corrected chi connectivity index (χ0v) is 12.6. The number of nitrogens with two attached hydrogens (primary N) is 1. The van der Waals surface area contributed by atoms with Gasteiger partial charge in [0.05, 0.1) is 19.0 Å². The monoisotopic (exact) mass is 308 g/mol. The summed E-state index contributed by atoms with van der Waals surface area (Å²) in [4.78, 5) is 24.2. The minimum Gasteiger partial charge on any atom is -0.369 e. The molecule has 1 aliphatic heterocycles. The van der Waals surface area contributed by atoms with Crippen LogP contribution in [0.2, 0.25) is 0 Å². The fraction of sp³-hybridized carbons (Fsp3) is 0.500. The quantitative estimate of drug-likeness (QED) is 0.648. The number of primary amides is 1. The first kappa shape index (κ1) is 16.4. The molecule has 0 aliphatic carbocycles. The molecule has 1 aromatic rings. The highest BCUT2D eigenvalue weighted by molar-refractivity contribution is 5.77. The number of amides is 2. The third-order valence-corrected chi connectivity index (χ3v) is 4.11. The number of quaternary nitrogens is 1. The van der Waals surface area contributed by atoms with Crippen LogP contribution in [0.15, 0.2) is 24.3 Å². The van der Waals surface area contributed by atoms with Gasteiger partial charge in [0, 0.05) is 6.54 Å². The lowest BCUT2D eigenvalue weighted by Crippen LogP contribution is -3.15. The standard InChI is InChI=1S/C16H22FN3O2/c17-14-6-2-1-4-12(14)7-8-19-15(21)11-20-9-3-5-13(10-20)16(18)22/h1-2,4,6,13H,3,5,7-11H2,(H2,18,22)(H,19,21)/p+1/t13-/m0/s1. The lowest BCUT2D eigenvalue weighted by atomic mass is 9.97. The van der Waals surface area contributed by atoms with Crippen molar-refractivity contribution in [2.24, 2.45) is 11.7 Å². The van der Waals surface area contributed by atoms with Gasteiger partial charge in [0.1, 0.15) is 5.82 Å². The Morgan fingerprint density at radius 1 is 1.36 bits per heavy atom. The van der Waals surface area contributed by atoms with Crippen molar-refractivity contribution in [1.29, 1.82) is 0 Å². The van der Waals surface area contributed by atoms with Crippen molar-refractivity contribution in [2.45, 2.75) is 19.3 Å². The van der Waals surface area contributed by atoms with E-state index in [1.807, 2.05) is 0 Å². The number of piperidine rings is 1. The van der Waals surface area contributed by atoms with Crippen LogP contribution in [0.4, 0.5) is 4.39 Å². The van der Waals surface area contributed by atoms with E-state index in [9.17, 15) is 14.0 Å². The molecular weight excluding hydrogens is 285 g/mol. The summed E-state index contributed by atoms with van der Waals surface area (Å²) in [6, 6.07) is 6.56. The number of likely N-dealkylation sites (tertiary alicyclic amines) is 1. The van der Waals surface area contributed by atoms with Crippen molar-refractivity contribution in [3.05, 3.63) is 35.6 Å². The maximum absolute atomic E-state index is 13.4. The number of carbonyl (C=O) groups is 2. The van der Waals surface area contributed by atoms with Gasteiger partial charge in [-0.25, -0.2) is 4.39 Å². The van der Waals surface area contributed by atoms with Crippen molar-refractivity contribution in [3.63, 3.8) is 0 Å². The SMILES string of the molecule is NC(=O)[C@H]1CCC[NH+](CC(=O)NCCc2ccccc2F)C1. The van der Waals surface area contributed by atoms with Crippen LogP contribution in [0.1, 0.15) is 18.4 Å². The van der Waals surface area contributed by atoms with Crippen molar-refractivity contribution >= 4 is 11.8 Å². The molecule has 2 rings (SSSR count). The van der Waals surface area contributed by atoms with E-state index >= 15 is 0 Å². The van der Waals surface area contributed by atoms with E-state index in [1.165, 1.54) is 6.07 Å². The zero-order valence-electron chi connectivity index (χ0n) is 12.6. The molecule has 1 fully saturated rings. The summed E-state index contributed by atoms with van der Waals surface area (Å²) in [5, 5.41) is 2.81. The molecule has 1 unspecified atom stereocenters. The molecule has 1 saturated heterocycles. The van der Waals surface area contributed by atoms with Gasteiger partial charge in [-0.15, -0.1) is 0 Å². The van der Waals surface area contributed by atoms with E-state index < -0.39 is 0 Å². The van der Waals surface area contributed by atoms with Gasteiger partial charge in [-0.1, -0.05) is 18.2 Å². The van der Waals surface area contributed by atoms with Gasteiger partial charge in [-0.2, -0.15) is 0 Å².